The van der Waals surface area contributed by atoms with Gasteiger partial charge >= 0.3 is 0 Å². The summed E-state index contributed by atoms with van der Waals surface area (Å²) in [5.74, 6) is 3.31. The average molecular weight is 138 g/mol. The van der Waals surface area contributed by atoms with E-state index in [-0.39, 0.29) is 0 Å². The van der Waals surface area contributed by atoms with Crippen LogP contribution in [0.25, 0.3) is 0 Å². The van der Waals surface area contributed by atoms with E-state index in [1.54, 1.807) is 18.4 Å². The van der Waals surface area contributed by atoms with Gasteiger partial charge in [-0.25, -0.2) is 0 Å². The van der Waals surface area contributed by atoms with Crippen LogP contribution < -0.4 is 4.74 Å². The van der Waals surface area contributed by atoms with Crippen LogP contribution in [0.5, 0.6) is 5.75 Å². The van der Waals surface area contributed by atoms with Gasteiger partial charge in [0.25, 0.3) is 0 Å². The Morgan fingerprint density at radius 3 is 2.89 bits per heavy atom. The first-order valence-corrected chi connectivity index (χ1v) is 3.39. The van der Waals surface area contributed by atoms with Gasteiger partial charge in [0.2, 0.25) is 0 Å². The van der Waals surface area contributed by atoms with E-state index in [9.17, 15) is 0 Å². The normalized spacial score (nSPS) is 8.44. The molecule has 0 aliphatic carbocycles. The number of hydrogen-bond acceptors (Lipinski definition) is 2. The summed E-state index contributed by atoms with van der Waals surface area (Å²) in [6.07, 6.45) is 5.15. The summed E-state index contributed by atoms with van der Waals surface area (Å²) in [5.41, 5.74) is 0.836. The van der Waals surface area contributed by atoms with Gasteiger partial charge in [-0.1, -0.05) is 5.92 Å². The molecule has 1 nitrogen and oxygen atoms in total. The second-order valence-corrected chi connectivity index (χ2v) is 2.24. The zero-order chi connectivity index (χ0) is 6.69. The minimum Gasteiger partial charge on any atom is -0.495 e. The fourth-order valence-corrected chi connectivity index (χ4v) is 1.28. The van der Waals surface area contributed by atoms with E-state index in [4.69, 9.17) is 11.2 Å². The summed E-state index contributed by atoms with van der Waals surface area (Å²) >= 11 is 1.55. The molecule has 0 aromatic carbocycles. The molecule has 1 aromatic heterocycles. The highest BCUT2D eigenvalue weighted by Gasteiger charge is 1.97. The van der Waals surface area contributed by atoms with Gasteiger partial charge in [-0.3, -0.25) is 0 Å². The third-order valence-electron chi connectivity index (χ3n) is 1.00. The van der Waals surface area contributed by atoms with Gasteiger partial charge in [0.15, 0.2) is 0 Å². The van der Waals surface area contributed by atoms with Gasteiger partial charge in [0.05, 0.1) is 12.7 Å². The molecule has 0 unspecified atom stereocenters. The molecule has 9 heavy (non-hydrogen) atoms. The molecule has 0 fully saturated rings. The quantitative estimate of drug-likeness (QED) is 0.537. The second-order valence-electron chi connectivity index (χ2n) is 1.50. The predicted octanol–water partition coefficient (Wildman–Crippen LogP) is 1.74. The lowest BCUT2D eigenvalue weighted by molar-refractivity contribution is 0.415. The Labute approximate surface area is 58.3 Å². The van der Waals surface area contributed by atoms with Gasteiger partial charge in [-0.05, 0) is 0 Å². The highest BCUT2D eigenvalue weighted by atomic mass is 32.1. The lowest BCUT2D eigenvalue weighted by atomic mass is 10.3. The van der Waals surface area contributed by atoms with Crippen LogP contribution in [0.15, 0.2) is 10.8 Å². The van der Waals surface area contributed by atoms with Crippen molar-refractivity contribution in [2.75, 3.05) is 7.11 Å². The van der Waals surface area contributed by atoms with Crippen molar-refractivity contribution < 1.29 is 4.74 Å². The maximum absolute atomic E-state index is 5.15. The lowest BCUT2D eigenvalue weighted by Crippen LogP contribution is -1.80. The fraction of sp³-hybridized carbons (Fsp3) is 0.143. The zero-order valence-electron chi connectivity index (χ0n) is 5.05. The van der Waals surface area contributed by atoms with Crippen LogP contribution >= 0.6 is 11.3 Å². The van der Waals surface area contributed by atoms with Crippen molar-refractivity contribution in [2.45, 2.75) is 0 Å². The number of thiophene rings is 1. The first-order chi connectivity index (χ1) is 4.38. The molecule has 0 aliphatic rings. The zero-order valence-corrected chi connectivity index (χ0v) is 5.87. The fourth-order valence-electron chi connectivity index (χ4n) is 0.549. The van der Waals surface area contributed by atoms with Gasteiger partial charge in [0, 0.05) is 10.8 Å². The maximum atomic E-state index is 5.15. The largest absolute Gasteiger partial charge is 0.495 e. The molecule has 0 bridgehead atoms. The van der Waals surface area contributed by atoms with Crippen LogP contribution in [0.3, 0.4) is 0 Å². The van der Waals surface area contributed by atoms with E-state index < -0.39 is 0 Å². The Morgan fingerprint density at radius 1 is 1.67 bits per heavy atom. The molecule has 46 valence electrons. The van der Waals surface area contributed by atoms with Gasteiger partial charge < -0.3 is 4.74 Å². The van der Waals surface area contributed by atoms with Crippen LogP contribution in [0.1, 0.15) is 5.56 Å². The van der Waals surface area contributed by atoms with Crippen LogP contribution in [0.2, 0.25) is 0 Å². The minimum absolute atomic E-state index is 0.794. The smallest absolute Gasteiger partial charge is 0.145 e. The van der Waals surface area contributed by atoms with Crippen molar-refractivity contribution in [1.82, 2.24) is 0 Å². The average Bonchev–Trinajstić information content (AvgIpc) is 2.33. The molecule has 0 radical (unpaired) electrons. The molecule has 1 aromatic rings. The monoisotopic (exact) mass is 138 g/mol. The minimum atomic E-state index is 0.794. The van der Waals surface area contributed by atoms with Crippen molar-refractivity contribution in [3.8, 4) is 18.1 Å². The number of hydrogen-bond donors (Lipinski definition) is 0. The van der Waals surface area contributed by atoms with E-state index in [1.165, 1.54) is 0 Å². The SMILES string of the molecule is C#Cc1cscc1OC. The van der Waals surface area contributed by atoms with E-state index in [0.29, 0.717) is 0 Å². The molecule has 1 rings (SSSR count). The Balaban J connectivity index is 3.02. The number of terminal acetylenes is 1. The van der Waals surface area contributed by atoms with Gasteiger partial charge in [-0.2, -0.15) is 0 Å². The lowest BCUT2D eigenvalue weighted by Gasteiger charge is -1.92. The second kappa shape index (κ2) is 2.56. The first kappa shape index (κ1) is 6.18. The molecule has 2 heteroatoms. The molecule has 0 spiro atoms. The molecule has 0 aliphatic heterocycles. The standard InChI is InChI=1S/C7H6OS/c1-3-6-4-9-5-7(6)8-2/h1,4-5H,2H3. The Hall–Kier alpha value is -0.940. The van der Waals surface area contributed by atoms with Crippen LogP contribution in [-0.2, 0) is 0 Å². The Morgan fingerprint density at radius 2 is 2.44 bits per heavy atom. The molecule has 0 saturated heterocycles. The number of ether oxygens (including phenoxy) is 1. The summed E-state index contributed by atoms with van der Waals surface area (Å²) in [6.45, 7) is 0. The maximum Gasteiger partial charge on any atom is 0.145 e. The predicted molar refractivity (Wildman–Crippen MR) is 38.8 cm³/mol. The number of methoxy groups -OCH3 is 1. The Bertz CT molecular complexity index is 231. The summed E-state index contributed by atoms with van der Waals surface area (Å²) in [5, 5.41) is 3.77. The molecular formula is C7H6OS. The summed E-state index contributed by atoms with van der Waals surface area (Å²) in [7, 11) is 1.61. The van der Waals surface area contributed by atoms with E-state index in [2.05, 4.69) is 5.92 Å². The Kier molecular flexibility index (Phi) is 1.76. The summed E-state index contributed by atoms with van der Waals surface area (Å²) in [6, 6.07) is 0. The summed E-state index contributed by atoms with van der Waals surface area (Å²) in [4.78, 5) is 0. The highest BCUT2D eigenvalue weighted by Crippen LogP contribution is 2.21. The third kappa shape index (κ3) is 1.06. The van der Waals surface area contributed by atoms with Crippen LogP contribution in [0, 0.1) is 12.3 Å². The summed E-state index contributed by atoms with van der Waals surface area (Å²) < 4.78 is 4.94. The highest BCUT2D eigenvalue weighted by molar-refractivity contribution is 7.08. The molecular weight excluding hydrogens is 132 g/mol. The number of rotatable bonds is 1. The third-order valence-corrected chi connectivity index (χ3v) is 1.72. The van der Waals surface area contributed by atoms with Crippen molar-refractivity contribution in [3.05, 3.63) is 16.3 Å². The van der Waals surface area contributed by atoms with Crippen LogP contribution in [0.4, 0.5) is 0 Å². The van der Waals surface area contributed by atoms with E-state index >= 15 is 0 Å². The van der Waals surface area contributed by atoms with E-state index in [0.717, 1.165) is 11.3 Å². The molecule has 1 heterocycles. The van der Waals surface area contributed by atoms with Crippen molar-refractivity contribution in [1.29, 1.82) is 0 Å². The van der Waals surface area contributed by atoms with Crippen molar-refractivity contribution >= 4 is 11.3 Å². The molecule has 0 N–H and O–H groups in total. The van der Waals surface area contributed by atoms with Crippen molar-refractivity contribution in [2.24, 2.45) is 0 Å². The van der Waals surface area contributed by atoms with Gasteiger partial charge in [-0.15, -0.1) is 17.8 Å². The molecule has 0 saturated carbocycles. The van der Waals surface area contributed by atoms with Crippen LogP contribution in [-0.4, -0.2) is 7.11 Å². The van der Waals surface area contributed by atoms with Crippen molar-refractivity contribution in [3.63, 3.8) is 0 Å². The molecule has 0 atom stereocenters. The topological polar surface area (TPSA) is 9.23 Å². The van der Waals surface area contributed by atoms with E-state index in [1.807, 2.05) is 10.8 Å². The first-order valence-electron chi connectivity index (χ1n) is 2.45. The molecule has 0 amide bonds. The van der Waals surface area contributed by atoms with Gasteiger partial charge in [0.1, 0.15) is 5.75 Å².